The smallest absolute Gasteiger partial charge is 0.226 e. The van der Waals surface area contributed by atoms with E-state index in [1.807, 2.05) is 0 Å². The third-order valence-corrected chi connectivity index (χ3v) is 1.96. The van der Waals surface area contributed by atoms with Gasteiger partial charge in [-0.05, 0) is 12.1 Å². The summed E-state index contributed by atoms with van der Waals surface area (Å²) in [5.74, 6) is 0.377. The van der Waals surface area contributed by atoms with Crippen molar-refractivity contribution in [2.75, 3.05) is 12.5 Å². The number of carbonyl (C=O) groups is 1. The van der Waals surface area contributed by atoms with E-state index in [9.17, 15) is 4.79 Å². The molecule has 1 aromatic rings. The standard InChI is InChI=1S/C11H16N4O2/c1-2-10(16)15-11(13)14-7-17-9-6-4-3-5-8(9)12/h3-6H,2,7,12H2,1H3,(H3,13,14,15,16). The topological polar surface area (TPSA) is 103 Å². The van der Waals surface area contributed by atoms with Crippen LogP contribution in [0.2, 0.25) is 0 Å². The largest absolute Gasteiger partial charge is 0.469 e. The Morgan fingerprint density at radius 3 is 2.82 bits per heavy atom. The maximum absolute atomic E-state index is 11.0. The predicted octanol–water partition coefficient (Wildman–Crippen LogP) is 0.446. The van der Waals surface area contributed by atoms with Crippen molar-refractivity contribution >= 4 is 17.6 Å². The average Bonchev–Trinajstić information content (AvgIpc) is 2.31. The summed E-state index contributed by atoms with van der Waals surface area (Å²) in [6, 6.07) is 7.06. The van der Waals surface area contributed by atoms with Gasteiger partial charge in [-0.25, -0.2) is 4.99 Å². The SMILES string of the molecule is CCC(=O)N/C(N)=N/COc1ccccc1N. The molecule has 6 nitrogen and oxygen atoms in total. The van der Waals surface area contributed by atoms with Crippen molar-refractivity contribution in [3.05, 3.63) is 24.3 Å². The normalized spacial score (nSPS) is 11.0. The second-order valence-electron chi connectivity index (χ2n) is 3.26. The fourth-order valence-corrected chi connectivity index (χ4v) is 1.05. The van der Waals surface area contributed by atoms with Crippen LogP contribution in [-0.4, -0.2) is 18.6 Å². The predicted molar refractivity (Wildman–Crippen MR) is 66.4 cm³/mol. The molecule has 0 fully saturated rings. The number of benzene rings is 1. The van der Waals surface area contributed by atoms with E-state index in [1.165, 1.54) is 0 Å². The van der Waals surface area contributed by atoms with Crippen LogP contribution in [0.25, 0.3) is 0 Å². The van der Waals surface area contributed by atoms with Crippen molar-refractivity contribution < 1.29 is 9.53 Å². The van der Waals surface area contributed by atoms with Gasteiger partial charge in [-0.1, -0.05) is 19.1 Å². The van der Waals surface area contributed by atoms with E-state index in [0.29, 0.717) is 17.9 Å². The number of anilines is 1. The Morgan fingerprint density at radius 2 is 2.18 bits per heavy atom. The summed E-state index contributed by atoms with van der Waals surface area (Å²) in [7, 11) is 0. The van der Waals surface area contributed by atoms with Gasteiger partial charge >= 0.3 is 0 Å². The highest BCUT2D eigenvalue weighted by atomic mass is 16.5. The van der Waals surface area contributed by atoms with E-state index in [0.717, 1.165) is 0 Å². The number of rotatable bonds is 4. The molecule has 0 bridgehead atoms. The maximum atomic E-state index is 11.0. The minimum absolute atomic E-state index is 0.00401. The lowest BCUT2D eigenvalue weighted by atomic mass is 10.3. The Labute approximate surface area is 99.7 Å². The lowest BCUT2D eigenvalue weighted by Crippen LogP contribution is -2.36. The van der Waals surface area contributed by atoms with E-state index in [2.05, 4.69) is 10.3 Å². The number of para-hydroxylation sites is 2. The van der Waals surface area contributed by atoms with Gasteiger partial charge in [-0.3, -0.25) is 10.1 Å². The highest BCUT2D eigenvalue weighted by Crippen LogP contribution is 2.19. The van der Waals surface area contributed by atoms with Crippen LogP contribution in [0.15, 0.2) is 29.3 Å². The molecule has 1 rings (SSSR count). The number of aliphatic imine (C=N–C) groups is 1. The van der Waals surface area contributed by atoms with Crippen LogP contribution in [0.3, 0.4) is 0 Å². The van der Waals surface area contributed by atoms with Crippen LogP contribution in [0.4, 0.5) is 5.69 Å². The molecule has 0 unspecified atom stereocenters. The summed E-state index contributed by atoms with van der Waals surface area (Å²) in [5.41, 5.74) is 11.7. The molecule has 0 aliphatic carbocycles. The van der Waals surface area contributed by atoms with Gasteiger partial charge in [0.25, 0.3) is 0 Å². The molecule has 0 saturated carbocycles. The molecular weight excluding hydrogens is 220 g/mol. The zero-order valence-electron chi connectivity index (χ0n) is 9.64. The first-order chi connectivity index (χ1) is 8.13. The molecule has 0 aromatic heterocycles. The van der Waals surface area contributed by atoms with Crippen molar-refractivity contribution in [2.45, 2.75) is 13.3 Å². The minimum Gasteiger partial charge on any atom is -0.469 e. The van der Waals surface area contributed by atoms with Crippen molar-refractivity contribution in [1.29, 1.82) is 0 Å². The molecule has 5 N–H and O–H groups in total. The van der Waals surface area contributed by atoms with Crippen LogP contribution in [0.5, 0.6) is 5.75 Å². The number of nitrogens with one attached hydrogen (secondary N) is 1. The number of nitrogen functional groups attached to an aromatic ring is 1. The highest BCUT2D eigenvalue weighted by Gasteiger charge is 2.00. The molecule has 1 aromatic carbocycles. The second kappa shape index (κ2) is 6.37. The lowest BCUT2D eigenvalue weighted by Gasteiger charge is -2.06. The molecule has 0 radical (unpaired) electrons. The number of hydrogen-bond acceptors (Lipinski definition) is 4. The van der Waals surface area contributed by atoms with Crippen LogP contribution < -0.4 is 21.5 Å². The van der Waals surface area contributed by atoms with E-state index < -0.39 is 0 Å². The van der Waals surface area contributed by atoms with Gasteiger partial charge < -0.3 is 16.2 Å². The number of carbonyl (C=O) groups excluding carboxylic acids is 1. The number of guanidine groups is 1. The van der Waals surface area contributed by atoms with Gasteiger partial charge in [0, 0.05) is 6.42 Å². The fraction of sp³-hybridized carbons (Fsp3) is 0.273. The van der Waals surface area contributed by atoms with E-state index in [4.69, 9.17) is 16.2 Å². The average molecular weight is 236 g/mol. The Morgan fingerprint density at radius 1 is 1.47 bits per heavy atom. The maximum Gasteiger partial charge on any atom is 0.226 e. The summed E-state index contributed by atoms with van der Waals surface area (Å²) in [5, 5.41) is 2.41. The van der Waals surface area contributed by atoms with Crippen molar-refractivity contribution in [3.8, 4) is 5.75 Å². The quantitative estimate of drug-likeness (QED) is 0.401. The monoisotopic (exact) mass is 236 g/mol. The third-order valence-electron chi connectivity index (χ3n) is 1.96. The number of nitrogens with zero attached hydrogens (tertiary/aromatic N) is 1. The highest BCUT2D eigenvalue weighted by molar-refractivity contribution is 5.95. The summed E-state index contributed by atoms with van der Waals surface area (Å²) in [6.07, 6.45) is 0.350. The first-order valence-corrected chi connectivity index (χ1v) is 5.20. The van der Waals surface area contributed by atoms with Crippen LogP contribution in [-0.2, 0) is 4.79 Å². The molecule has 0 spiro atoms. The van der Waals surface area contributed by atoms with E-state index >= 15 is 0 Å². The lowest BCUT2D eigenvalue weighted by molar-refractivity contribution is -0.119. The van der Waals surface area contributed by atoms with Gasteiger partial charge in [0.2, 0.25) is 5.91 Å². The van der Waals surface area contributed by atoms with Crippen molar-refractivity contribution in [1.82, 2.24) is 5.32 Å². The summed E-state index contributed by atoms with van der Waals surface area (Å²) in [6.45, 7) is 1.73. The van der Waals surface area contributed by atoms with E-state index in [1.54, 1.807) is 31.2 Å². The molecule has 17 heavy (non-hydrogen) atoms. The molecule has 1 amide bonds. The third kappa shape index (κ3) is 4.42. The Bertz CT molecular complexity index is 418. The molecule has 0 aliphatic rings. The van der Waals surface area contributed by atoms with Crippen LogP contribution >= 0.6 is 0 Å². The zero-order chi connectivity index (χ0) is 12.7. The zero-order valence-corrected chi connectivity index (χ0v) is 9.64. The van der Waals surface area contributed by atoms with Crippen LogP contribution in [0, 0.1) is 0 Å². The number of nitrogens with two attached hydrogens (primary N) is 2. The van der Waals surface area contributed by atoms with E-state index in [-0.39, 0.29) is 18.6 Å². The Hall–Kier alpha value is -2.24. The number of hydrogen-bond donors (Lipinski definition) is 3. The minimum atomic E-state index is -0.189. The van der Waals surface area contributed by atoms with Gasteiger partial charge in [0.1, 0.15) is 5.75 Å². The fourth-order valence-electron chi connectivity index (χ4n) is 1.05. The van der Waals surface area contributed by atoms with Gasteiger partial charge in [0.05, 0.1) is 5.69 Å². The molecule has 0 heterocycles. The Kier molecular flexibility index (Phi) is 4.80. The first-order valence-electron chi connectivity index (χ1n) is 5.20. The summed E-state index contributed by atoms with van der Waals surface area (Å²) in [4.78, 5) is 14.8. The van der Waals surface area contributed by atoms with Crippen LogP contribution in [0.1, 0.15) is 13.3 Å². The van der Waals surface area contributed by atoms with Crippen molar-refractivity contribution in [3.63, 3.8) is 0 Å². The molecule has 92 valence electrons. The molecule has 6 heteroatoms. The van der Waals surface area contributed by atoms with Crippen molar-refractivity contribution in [2.24, 2.45) is 10.7 Å². The summed E-state index contributed by atoms with van der Waals surface area (Å²) >= 11 is 0. The van der Waals surface area contributed by atoms with Gasteiger partial charge in [-0.2, -0.15) is 0 Å². The Balaban J connectivity index is 2.44. The molecule has 0 atom stereocenters. The second-order valence-corrected chi connectivity index (χ2v) is 3.26. The molecule has 0 saturated heterocycles. The van der Waals surface area contributed by atoms with Gasteiger partial charge in [-0.15, -0.1) is 0 Å². The first kappa shape index (κ1) is 12.8. The molecule has 0 aliphatic heterocycles. The van der Waals surface area contributed by atoms with Gasteiger partial charge in [0.15, 0.2) is 12.7 Å². The molecular formula is C11H16N4O2. The number of amides is 1. The number of ether oxygens (including phenoxy) is 1. The summed E-state index contributed by atoms with van der Waals surface area (Å²) < 4.78 is 5.28.